The van der Waals surface area contributed by atoms with E-state index in [4.69, 9.17) is 4.74 Å². The molecule has 0 aromatic heterocycles. The van der Waals surface area contributed by atoms with Crippen LogP contribution < -0.4 is 10.2 Å². The quantitative estimate of drug-likeness (QED) is 0.388. The normalized spacial score (nSPS) is 10.9. The lowest BCUT2D eigenvalue weighted by Crippen LogP contribution is -2.17. The number of nitrogens with zero attached hydrogens (tertiary/aromatic N) is 1. The largest absolute Gasteiger partial charge is 0.504 e. The van der Waals surface area contributed by atoms with Crippen LogP contribution in [0.15, 0.2) is 59.7 Å². The van der Waals surface area contributed by atoms with Gasteiger partial charge in [0.05, 0.1) is 13.3 Å². The summed E-state index contributed by atoms with van der Waals surface area (Å²) in [6.07, 6.45) is 1.51. The van der Waals surface area contributed by atoms with Crippen LogP contribution in [0.4, 0.5) is 0 Å². The second-order valence-electron chi connectivity index (χ2n) is 5.31. The summed E-state index contributed by atoms with van der Waals surface area (Å²) in [7, 11) is 1.57. The molecule has 3 aromatic carbocycles. The minimum Gasteiger partial charge on any atom is -0.504 e. The molecular formula is C19H16N2O4. The molecule has 126 valence electrons. The number of aromatic hydroxyl groups is 2. The summed E-state index contributed by atoms with van der Waals surface area (Å²) in [5.74, 6) is -0.530. The van der Waals surface area contributed by atoms with E-state index < -0.39 is 5.91 Å². The minimum absolute atomic E-state index is 0.178. The Balaban J connectivity index is 1.85. The van der Waals surface area contributed by atoms with E-state index in [1.165, 1.54) is 24.4 Å². The molecule has 3 N–H and O–H groups in total. The zero-order valence-electron chi connectivity index (χ0n) is 13.4. The summed E-state index contributed by atoms with van der Waals surface area (Å²) in [5, 5.41) is 24.7. The van der Waals surface area contributed by atoms with E-state index in [-0.39, 0.29) is 17.1 Å². The van der Waals surface area contributed by atoms with Gasteiger partial charge < -0.3 is 14.9 Å². The zero-order valence-corrected chi connectivity index (χ0v) is 13.4. The molecule has 0 fully saturated rings. The molecule has 0 atom stereocenters. The Hall–Kier alpha value is -3.54. The number of carbonyl (C=O) groups excluding carboxylic acids is 1. The predicted molar refractivity (Wildman–Crippen MR) is 95.3 cm³/mol. The van der Waals surface area contributed by atoms with Crippen molar-refractivity contribution in [3.63, 3.8) is 0 Å². The maximum absolute atomic E-state index is 12.1. The predicted octanol–water partition coefficient (Wildman–Crippen LogP) is 3.02. The third kappa shape index (κ3) is 3.37. The fourth-order valence-electron chi connectivity index (χ4n) is 2.47. The highest BCUT2D eigenvalue weighted by Gasteiger charge is 2.09. The molecular weight excluding hydrogens is 320 g/mol. The number of hydrogen-bond donors (Lipinski definition) is 3. The van der Waals surface area contributed by atoms with Crippen LogP contribution in [0.25, 0.3) is 10.8 Å². The van der Waals surface area contributed by atoms with Gasteiger partial charge in [0.1, 0.15) is 5.75 Å². The van der Waals surface area contributed by atoms with E-state index in [1.54, 1.807) is 7.11 Å². The number of hydrogen-bond acceptors (Lipinski definition) is 5. The number of amides is 1. The van der Waals surface area contributed by atoms with E-state index in [2.05, 4.69) is 10.5 Å². The van der Waals surface area contributed by atoms with Gasteiger partial charge in [-0.25, -0.2) is 5.43 Å². The molecule has 0 saturated heterocycles. The molecule has 1 amide bonds. The Morgan fingerprint density at radius 3 is 2.64 bits per heavy atom. The maximum Gasteiger partial charge on any atom is 0.271 e. The van der Waals surface area contributed by atoms with Crippen LogP contribution in [-0.2, 0) is 0 Å². The number of benzene rings is 3. The molecule has 6 heteroatoms. The third-order valence-electron chi connectivity index (χ3n) is 3.75. The van der Waals surface area contributed by atoms with Crippen molar-refractivity contribution in [2.45, 2.75) is 0 Å². The lowest BCUT2D eigenvalue weighted by Gasteiger charge is -2.08. The molecule has 0 unspecified atom stereocenters. The van der Waals surface area contributed by atoms with Gasteiger partial charge in [0.2, 0.25) is 0 Å². The van der Waals surface area contributed by atoms with Crippen LogP contribution in [0.2, 0.25) is 0 Å². The lowest BCUT2D eigenvalue weighted by atomic mass is 10.0. The number of methoxy groups -OCH3 is 1. The van der Waals surface area contributed by atoms with Crippen LogP contribution in [0.3, 0.4) is 0 Å². The summed E-state index contributed by atoms with van der Waals surface area (Å²) in [5.41, 5.74) is 3.32. The van der Waals surface area contributed by atoms with E-state index >= 15 is 0 Å². The third-order valence-corrected chi connectivity index (χ3v) is 3.75. The van der Waals surface area contributed by atoms with Crippen LogP contribution in [0, 0.1) is 0 Å². The first-order valence-electron chi connectivity index (χ1n) is 7.51. The van der Waals surface area contributed by atoms with Crippen LogP contribution in [0.1, 0.15) is 15.9 Å². The van der Waals surface area contributed by atoms with Gasteiger partial charge in [-0.3, -0.25) is 4.79 Å². The first-order valence-corrected chi connectivity index (χ1v) is 7.51. The smallest absolute Gasteiger partial charge is 0.271 e. The van der Waals surface area contributed by atoms with Crippen molar-refractivity contribution in [1.82, 2.24) is 5.43 Å². The zero-order chi connectivity index (χ0) is 17.8. The van der Waals surface area contributed by atoms with Gasteiger partial charge in [-0.1, -0.05) is 30.3 Å². The highest BCUT2D eigenvalue weighted by Crippen LogP contribution is 2.26. The first-order chi connectivity index (χ1) is 12.1. The van der Waals surface area contributed by atoms with Crippen molar-refractivity contribution in [1.29, 1.82) is 0 Å². The second kappa shape index (κ2) is 6.92. The van der Waals surface area contributed by atoms with E-state index in [0.717, 1.165) is 16.3 Å². The fourth-order valence-corrected chi connectivity index (χ4v) is 2.47. The molecule has 0 bridgehead atoms. The van der Waals surface area contributed by atoms with Gasteiger partial charge in [0.25, 0.3) is 5.91 Å². The summed E-state index contributed by atoms with van der Waals surface area (Å²) in [4.78, 5) is 12.1. The molecule has 0 radical (unpaired) electrons. The van der Waals surface area contributed by atoms with E-state index in [1.807, 2.05) is 36.4 Å². The fraction of sp³-hybridized carbons (Fsp3) is 0.0526. The summed E-state index contributed by atoms with van der Waals surface area (Å²) in [6, 6.07) is 15.3. The van der Waals surface area contributed by atoms with Gasteiger partial charge >= 0.3 is 0 Å². The average Bonchev–Trinajstić information content (AvgIpc) is 2.63. The number of hydrazone groups is 1. The van der Waals surface area contributed by atoms with Crippen LogP contribution in [0.5, 0.6) is 17.2 Å². The number of phenolic OH excluding ortho intramolecular Hbond substituents is 2. The van der Waals surface area contributed by atoms with Gasteiger partial charge in [0.15, 0.2) is 11.5 Å². The van der Waals surface area contributed by atoms with E-state index in [0.29, 0.717) is 5.75 Å². The van der Waals surface area contributed by atoms with Crippen molar-refractivity contribution in [2.75, 3.05) is 7.11 Å². The Bertz CT molecular complexity index is 967. The molecule has 0 saturated carbocycles. The molecule has 0 aliphatic rings. The second-order valence-corrected chi connectivity index (χ2v) is 5.31. The number of fused-ring (bicyclic) bond motifs is 1. The highest BCUT2D eigenvalue weighted by atomic mass is 16.5. The van der Waals surface area contributed by atoms with Crippen LogP contribution >= 0.6 is 0 Å². The topological polar surface area (TPSA) is 91.2 Å². The van der Waals surface area contributed by atoms with Crippen molar-refractivity contribution in [2.24, 2.45) is 5.10 Å². The van der Waals surface area contributed by atoms with Gasteiger partial charge in [-0.2, -0.15) is 5.10 Å². The summed E-state index contributed by atoms with van der Waals surface area (Å²) in [6.45, 7) is 0. The number of carbonyl (C=O) groups is 1. The van der Waals surface area contributed by atoms with E-state index in [9.17, 15) is 15.0 Å². The molecule has 3 rings (SSSR count). The highest BCUT2D eigenvalue weighted by molar-refractivity contribution is 6.03. The number of nitrogens with one attached hydrogen (secondary N) is 1. The monoisotopic (exact) mass is 336 g/mol. The Labute approximate surface area is 144 Å². The van der Waals surface area contributed by atoms with Gasteiger partial charge in [-0.15, -0.1) is 0 Å². The molecule has 0 spiro atoms. The molecule has 0 aliphatic carbocycles. The molecule has 25 heavy (non-hydrogen) atoms. The molecule has 0 aliphatic heterocycles. The first kappa shape index (κ1) is 16.3. The van der Waals surface area contributed by atoms with Gasteiger partial charge in [-0.05, 0) is 35.0 Å². The molecule has 6 nitrogen and oxygen atoms in total. The molecule has 0 heterocycles. The van der Waals surface area contributed by atoms with Crippen molar-refractivity contribution >= 4 is 22.9 Å². The van der Waals surface area contributed by atoms with Crippen LogP contribution in [-0.4, -0.2) is 29.4 Å². The minimum atomic E-state index is -0.509. The Kier molecular flexibility index (Phi) is 4.52. The average molecular weight is 336 g/mol. The summed E-state index contributed by atoms with van der Waals surface area (Å²) < 4.78 is 5.36. The Morgan fingerprint density at radius 1 is 1.08 bits per heavy atom. The van der Waals surface area contributed by atoms with Crippen molar-refractivity contribution in [3.05, 3.63) is 65.7 Å². The van der Waals surface area contributed by atoms with Crippen molar-refractivity contribution < 1.29 is 19.7 Å². The van der Waals surface area contributed by atoms with Crippen molar-refractivity contribution in [3.8, 4) is 17.2 Å². The number of ether oxygens (including phenoxy) is 1. The SMILES string of the molecule is COc1ccc2ccccc2c1/C=N\NC(=O)c1ccc(O)c(O)c1. The number of phenols is 2. The Morgan fingerprint density at radius 2 is 1.88 bits per heavy atom. The standard InChI is InChI=1S/C19H16N2O4/c1-25-18-9-7-12-4-2-3-5-14(12)15(18)11-20-21-19(24)13-6-8-16(22)17(23)10-13/h2-11,22-23H,1H3,(H,21,24)/b20-11-. The lowest BCUT2D eigenvalue weighted by molar-refractivity contribution is 0.0954. The molecule has 3 aromatic rings. The number of rotatable bonds is 4. The summed E-state index contributed by atoms with van der Waals surface area (Å²) >= 11 is 0. The van der Waals surface area contributed by atoms with Gasteiger partial charge in [0, 0.05) is 11.1 Å². The maximum atomic E-state index is 12.1.